The third-order valence-corrected chi connectivity index (χ3v) is 3.94. The van der Waals surface area contributed by atoms with Crippen molar-refractivity contribution in [1.29, 1.82) is 0 Å². The van der Waals surface area contributed by atoms with E-state index < -0.39 is 0 Å². The van der Waals surface area contributed by atoms with Gasteiger partial charge in [0.2, 0.25) is 0 Å². The predicted octanol–water partition coefficient (Wildman–Crippen LogP) is 4.89. The first-order chi connectivity index (χ1) is 8.67. The van der Waals surface area contributed by atoms with Gasteiger partial charge in [-0.05, 0) is 55.7 Å². The van der Waals surface area contributed by atoms with Gasteiger partial charge < -0.3 is 5.32 Å². The van der Waals surface area contributed by atoms with Gasteiger partial charge in [0.05, 0.1) is 0 Å². The summed E-state index contributed by atoms with van der Waals surface area (Å²) in [4.78, 5) is 1.34. The van der Waals surface area contributed by atoms with Gasteiger partial charge in [0.1, 0.15) is 0 Å². The minimum absolute atomic E-state index is 0.517. The quantitative estimate of drug-likeness (QED) is 0.672. The van der Waals surface area contributed by atoms with Crippen molar-refractivity contribution >= 4 is 11.8 Å². The van der Waals surface area contributed by atoms with E-state index in [0.29, 0.717) is 6.04 Å². The summed E-state index contributed by atoms with van der Waals surface area (Å²) in [6.07, 6.45) is 5.84. The largest absolute Gasteiger partial charge is 0.310 e. The van der Waals surface area contributed by atoms with E-state index in [1.807, 2.05) is 0 Å². The predicted molar refractivity (Wildman–Crippen MR) is 83.3 cm³/mol. The summed E-state index contributed by atoms with van der Waals surface area (Å²) in [7, 11) is 0. The molecule has 18 heavy (non-hydrogen) atoms. The van der Waals surface area contributed by atoms with E-state index in [2.05, 4.69) is 56.6 Å². The number of benzene rings is 1. The Morgan fingerprint density at radius 3 is 2.28 bits per heavy atom. The number of hydrogen-bond donors (Lipinski definition) is 1. The molecule has 1 nitrogen and oxygen atoms in total. The van der Waals surface area contributed by atoms with Crippen LogP contribution in [0.4, 0.5) is 0 Å². The van der Waals surface area contributed by atoms with Gasteiger partial charge in [0, 0.05) is 10.9 Å². The molecule has 0 aliphatic heterocycles. The van der Waals surface area contributed by atoms with Gasteiger partial charge in [-0.2, -0.15) is 0 Å². The van der Waals surface area contributed by atoms with Crippen molar-refractivity contribution in [1.82, 2.24) is 5.32 Å². The molecule has 0 heterocycles. The van der Waals surface area contributed by atoms with E-state index >= 15 is 0 Å². The molecule has 0 saturated carbocycles. The zero-order valence-corrected chi connectivity index (χ0v) is 13.0. The van der Waals surface area contributed by atoms with E-state index in [0.717, 1.165) is 12.5 Å². The van der Waals surface area contributed by atoms with Gasteiger partial charge >= 0.3 is 0 Å². The molecule has 0 aliphatic carbocycles. The normalized spacial score (nSPS) is 12.9. The fourth-order valence-corrected chi connectivity index (χ4v) is 2.45. The maximum Gasteiger partial charge on any atom is 0.0320 e. The molecule has 0 aliphatic rings. The summed E-state index contributed by atoms with van der Waals surface area (Å²) in [6, 6.07) is 9.54. The van der Waals surface area contributed by atoms with Gasteiger partial charge in [0.25, 0.3) is 0 Å². The van der Waals surface area contributed by atoms with Gasteiger partial charge in [-0.15, -0.1) is 11.8 Å². The van der Waals surface area contributed by atoms with Gasteiger partial charge in [0.15, 0.2) is 0 Å². The molecular formula is C16H27NS. The van der Waals surface area contributed by atoms with Crippen LogP contribution in [0.5, 0.6) is 0 Å². The highest BCUT2D eigenvalue weighted by molar-refractivity contribution is 7.98. The first-order valence-electron chi connectivity index (χ1n) is 7.04. The summed E-state index contributed by atoms with van der Waals surface area (Å²) < 4.78 is 0. The van der Waals surface area contributed by atoms with Crippen LogP contribution in [0.1, 0.15) is 51.6 Å². The first-order valence-corrected chi connectivity index (χ1v) is 8.27. The van der Waals surface area contributed by atoms with E-state index in [4.69, 9.17) is 0 Å². The molecule has 1 atom stereocenters. The summed E-state index contributed by atoms with van der Waals surface area (Å²) >= 11 is 1.80. The zero-order valence-electron chi connectivity index (χ0n) is 12.2. The third-order valence-electron chi connectivity index (χ3n) is 3.19. The highest BCUT2D eigenvalue weighted by Crippen LogP contribution is 2.23. The topological polar surface area (TPSA) is 12.0 Å². The van der Waals surface area contributed by atoms with E-state index in [-0.39, 0.29) is 0 Å². The van der Waals surface area contributed by atoms with Crippen molar-refractivity contribution in [2.75, 3.05) is 12.8 Å². The maximum atomic E-state index is 3.67. The Balaban J connectivity index is 2.66. The number of nitrogens with one attached hydrogen (secondary N) is 1. The lowest BCUT2D eigenvalue weighted by Crippen LogP contribution is -2.22. The molecule has 0 spiro atoms. The zero-order chi connectivity index (χ0) is 13.4. The summed E-state index contributed by atoms with van der Waals surface area (Å²) in [6.45, 7) is 7.93. The SMILES string of the molecule is CCCNC(CCC(C)C)c1ccc(SC)cc1. The average molecular weight is 265 g/mol. The molecule has 2 heteroatoms. The fourth-order valence-electron chi connectivity index (χ4n) is 2.04. The van der Waals surface area contributed by atoms with E-state index in [1.54, 1.807) is 11.8 Å². The van der Waals surface area contributed by atoms with Crippen molar-refractivity contribution in [2.24, 2.45) is 5.92 Å². The molecule has 0 radical (unpaired) electrons. The molecule has 0 aromatic heterocycles. The molecule has 1 aromatic carbocycles. The Labute approximate surface area is 117 Å². The van der Waals surface area contributed by atoms with E-state index in [9.17, 15) is 0 Å². The lowest BCUT2D eigenvalue weighted by molar-refractivity contribution is 0.440. The average Bonchev–Trinajstić information content (AvgIpc) is 2.39. The molecule has 0 bridgehead atoms. The molecule has 102 valence electrons. The van der Waals surface area contributed by atoms with Crippen molar-refractivity contribution in [3.63, 3.8) is 0 Å². The second-order valence-electron chi connectivity index (χ2n) is 5.25. The van der Waals surface area contributed by atoms with E-state index in [1.165, 1.54) is 29.7 Å². The Morgan fingerprint density at radius 2 is 1.78 bits per heavy atom. The van der Waals surface area contributed by atoms with Crippen LogP contribution < -0.4 is 5.32 Å². The summed E-state index contributed by atoms with van der Waals surface area (Å²) in [5.74, 6) is 0.779. The highest BCUT2D eigenvalue weighted by Gasteiger charge is 2.11. The smallest absolute Gasteiger partial charge is 0.0320 e. The van der Waals surface area contributed by atoms with Gasteiger partial charge in [-0.1, -0.05) is 32.9 Å². The Bertz CT molecular complexity index is 318. The van der Waals surface area contributed by atoms with Gasteiger partial charge in [-0.25, -0.2) is 0 Å². The second-order valence-corrected chi connectivity index (χ2v) is 6.13. The Morgan fingerprint density at radius 1 is 1.11 bits per heavy atom. The highest BCUT2D eigenvalue weighted by atomic mass is 32.2. The van der Waals surface area contributed by atoms with Crippen molar-refractivity contribution < 1.29 is 0 Å². The van der Waals surface area contributed by atoms with Crippen LogP contribution in [0.3, 0.4) is 0 Å². The molecule has 0 saturated heterocycles. The van der Waals surface area contributed by atoms with Crippen molar-refractivity contribution in [3.8, 4) is 0 Å². The Kier molecular flexibility index (Phi) is 7.45. The maximum absolute atomic E-state index is 3.67. The minimum atomic E-state index is 0.517. The second kappa shape index (κ2) is 8.60. The van der Waals surface area contributed by atoms with Crippen LogP contribution in [0.25, 0.3) is 0 Å². The standard InChI is InChI=1S/C16H27NS/c1-5-12-17-16(11-6-13(2)3)14-7-9-15(18-4)10-8-14/h7-10,13,16-17H,5-6,11-12H2,1-4H3. The van der Waals surface area contributed by atoms with Crippen LogP contribution in [0.15, 0.2) is 29.2 Å². The van der Waals surface area contributed by atoms with Crippen LogP contribution in [0, 0.1) is 5.92 Å². The summed E-state index contributed by atoms with van der Waals surface area (Å²) in [5.41, 5.74) is 1.43. The monoisotopic (exact) mass is 265 g/mol. The van der Waals surface area contributed by atoms with Crippen LogP contribution in [-0.2, 0) is 0 Å². The van der Waals surface area contributed by atoms with Gasteiger partial charge in [-0.3, -0.25) is 0 Å². The van der Waals surface area contributed by atoms with Crippen molar-refractivity contribution in [2.45, 2.75) is 51.0 Å². The van der Waals surface area contributed by atoms with Crippen LogP contribution in [-0.4, -0.2) is 12.8 Å². The summed E-state index contributed by atoms with van der Waals surface area (Å²) in [5, 5.41) is 3.67. The minimum Gasteiger partial charge on any atom is -0.310 e. The lowest BCUT2D eigenvalue weighted by Gasteiger charge is -2.20. The Hall–Kier alpha value is -0.470. The van der Waals surface area contributed by atoms with Crippen molar-refractivity contribution in [3.05, 3.63) is 29.8 Å². The molecule has 1 N–H and O–H groups in total. The molecule has 1 rings (SSSR count). The fraction of sp³-hybridized carbons (Fsp3) is 0.625. The third kappa shape index (κ3) is 5.45. The molecule has 0 fully saturated rings. The molecule has 1 aromatic rings. The number of rotatable bonds is 8. The lowest BCUT2D eigenvalue weighted by atomic mass is 9.97. The molecule has 1 unspecified atom stereocenters. The number of hydrogen-bond acceptors (Lipinski definition) is 2. The molecular weight excluding hydrogens is 238 g/mol. The van der Waals surface area contributed by atoms with Crippen LogP contribution >= 0.6 is 11.8 Å². The first kappa shape index (κ1) is 15.6. The van der Waals surface area contributed by atoms with Crippen LogP contribution in [0.2, 0.25) is 0 Å². The molecule has 0 amide bonds. The number of thioether (sulfide) groups is 1.